The van der Waals surface area contributed by atoms with E-state index >= 15 is 0 Å². The molecule has 1 rings (SSSR count). The maximum atomic E-state index is 10.4. The topological polar surface area (TPSA) is 69.1 Å². The van der Waals surface area contributed by atoms with Crippen molar-refractivity contribution in [1.29, 1.82) is 0 Å². The van der Waals surface area contributed by atoms with Crippen molar-refractivity contribution in [1.82, 2.24) is 15.5 Å². The molecule has 142 valence electrons. The SMILES string of the molecule is CCNC(=NCC(O)(CC)CC)NCC(C(C)C)N1CCOCC1. The number of nitrogens with zero attached hydrogens (tertiary/aromatic N) is 2. The normalized spacial score (nSPS) is 18.7. The smallest absolute Gasteiger partial charge is 0.191 e. The van der Waals surface area contributed by atoms with Crippen LogP contribution in [0.1, 0.15) is 47.5 Å². The number of rotatable bonds is 9. The van der Waals surface area contributed by atoms with Crippen molar-refractivity contribution in [3.63, 3.8) is 0 Å². The molecule has 0 amide bonds. The van der Waals surface area contributed by atoms with Gasteiger partial charge in [0.15, 0.2) is 5.96 Å². The number of aliphatic imine (C=N–C) groups is 1. The van der Waals surface area contributed by atoms with E-state index in [1.54, 1.807) is 0 Å². The second-order valence-electron chi connectivity index (χ2n) is 6.97. The molecule has 0 spiro atoms. The van der Waals surface area contributed by atoms with Gasteiger partial charge < -0.3 is 20.5 Å². The van der Waals surface area contributed by atoms with Crippen LogP contribution in [0.3, 0.4) is 0 Å². The van der Waals surface area contributed by atoms with E-state index in [9.17, 15) is 5.11 Å². The summed E-state index contributed by atoms with van der Waals surface area (Å²) in [5, 5.41) is 17.2. The minimum absolute atomic E-state index is 0.430. The first-order chi connectivity index (χ1) is 11.5. The summed E-state index contributed by atoms with van der Waals surface area (Å²) in [5.74, 6) is 1.35. The van der Waals surface area contributed by atoms with Gasteiger partial charge >= 0.3 is 0 Å². The third-order valence-corrected chi connectivity index (χ3v) is 4.95. The lowest BCUT2D eigenvalue weighted by Gasteiger charge is -2.37. The van der Waals surface area contributed by atoms with Crippen molar-refractivity contribution in [2.45, 2.75) is 59.1 Å². The summed E-state index contributed by atoms with van der Waals surface area (Å²) in [6.07, 6.45) is 1.43. The van der Waals surface area contributed by atoms with Crippen LogP contribution in [-0.4, -0.2) is 73.5 Å². The van der Waals surface area contributed by atoms with Gasteiger partial charge in [-0.25, -0.2) is 0 Å². The van der Waals surface area contributed by atoms with Gasteiger partial charge in [0, 0.05) is 32.2 Å². The molecule has 1 fully saturated rings. The van der Waals surface area contributed by atoms with E-state index in [-0.39, 0.29) is 0 Å². The molecule has 0 aromatic rings. The number of guanidine groups is 1. The molecule has 3 N–H and O–H groups in total. The third-order valence-electron chi connectivity index (χ3n) is 4.95. The minimum atomic E-state index is -0.704. The van der Waals surface area contributed by atoms with Crippen molar-refractivity contribution in [3.05, 3.63) is 0 Å². The predicted molar refractivity (Wildman–Crippen MR) is 101 cm³/mol. The summed E-state index contributed by atoms with van der Waals surface area (Å²) in [7, 11) is 0. The molecule has 1 heterocycles. The Labute approximate surface area is 148 Å². The van der Waals surface area contributed by atoms with E-state index in [0.717, 1.165) is 58.2 Å². The van der Waals surface area contributed by atoms with E-state index in [1.165, 1.54) is 0 Å². The Morgan fingerprint density at radius 3 is 2.29 bits per heavy atom. The van der Waals surface area contributed by atoms with Crippen molar-refractivity contribution in [2.24, 2.45) is 10.9 Å². The second-order valence-corrected chi connectivity index (χ2v) is 6.97. The van der Waals surface area contributed by atoms with Crippen molar-refractivity contribution in [3.8, 4) is 0 Å². The quantitative estimate of drug-likeness (QED) is 0.437. The summed E-state index contributed by atoms with van der Waals surface area (Å²) < 4.78 is 5.47. The zero-order valence-electron chi connectivity index (χ0n) is 16.3. The fourth-order valence-electron chi connectivity index (χ4n) is 2.94. The van der Waals surface area contributed by atoms with Crippen LogP contribution >= 0.6 is 0 Å². The van der Waals surface area contributed by atoms with Crippen LogP contribution in [0.4, 0.5) is 0 Å². The average molecular weight is 343 g/mol. The zero-order valence-corrected chi connectivity index (χ0v) is 16.3. The fourth-order valence-corrected chi connectivity index (χ4v) is 2.94. The molecule has 1 aliphatic rings. The van der Waals surface area contributed by atoms with Gasteiger partial charge in [-0.3, -0.25) is 9.89 Å². The van der Waals surface area contributed by atoms with Crippen molar-refractivity contribution < 1.29 is 9.84 Å². The highest BCUT2D eigenvalue weighted by Gasteiger charge is 2.25. The Balaban J connectivity index is 2.64. The summed E-state index contributed by atoms with van der Waals surface area (Å²) >= 11 is 0. The molecule has 0 aliphatic carbocycles. The van der Waals surface area contributed by atoms with Gasteiger partial charge in [-0.15, -0.1) is 0 Å². The molecule has 0 radical (unpaired) electrons. The highest BCUT2D eigenvalue weighted by Crippen LogP contribution is 2.15. The largest absolute Gasteiger partial charge is 0.388 e. The number of hydrogen-bond acceptors (Lipinski definition) is 4. The molecule has 1 aliphatic heterocycles. The van der Waals surface area contributed by atoms with Crippen LogP contribution in [0, 0.1) is 5.92 Å². The Morgan fingerprint density at radius 1 is 1.17 bits per heavy atom. The number of nitrogens with one attached hydrogen (secondary N) is 2. The summed E-state index contributed by atoms with van der Waals surface area (Å²) in [4.78, 5) is 7.10. The van der Waals surface area contributed by atoms with Gasteiger partial charge in [-0.1, -0.05) is 27.7 Å². The zero-order chi connectivity index (χ0) is 18.0. The van der Waals surface area contributed by atoms with E-state index in [2.05, 4.69) is 41.3 Å². The van der Waals surface area contributed by atoms with E-state index in [0.29, 0.717) is 18.5 Å². The second kappa shape index (κ2) is 10.9. The monoisotopic (exact) mass is 342 g/mol. The first-order valence-corrected chi connectivity index (χ1v) is 9.52. The number of morpholine rings is 1. The Morgan fingerprint density at radius 2 is 1.79 bits per heavy atom. The lowest BCUT2D eigenvalue weighted by atomic mass is 9.98. The first-order valence-electron chi connectivity index (χ1n) is 9.52. The van der Waals surface area contributed by atoms with Crippen LogP contribution in [0.15, 0.2) is 4.99 Å². The minimum Gasteiger partial charge on any atom is -0.388 e. The molecular formula is C18H38N4O2. The molecule has 0 aromatic heterocycles. The van der Waals surface area contributed by atoms with Crippen LogP contribution < -0.4 is 10.6 Å². The molecule has 0 saturated carbocycles. The third kappa shape index (κ3) is 6.95. The Kier molecular flexibility index (Phi) is 9.63. The Bertz CT molecular complexity index is 364. The van der Waals surface area contributed by atoms with Gasteiger partial charge in [-0.05, 0) is 25.7 Å². The van der Waals surface area contributed by atoms with Gasteiger partial charge in [0.25, 0.3) is 0 Å². The number of ether oxygens (including phenoxy) is 1. The van der Waals surface area contributed by atoms with Crippen LogP contribution in [-0.2, 0) is 4.74 Å². The highest BCUT2D eigenvalue weighted by atomic mass is 16.5. The molecule has 1 unspecified atom stereocenters. The lowest BCUT2D eigenvalue weighted by Crippen LogP contribution is -2.52. The standard InChI is InChI=1S/C18H38N4O2/c1-6-18(23,7-2)14-21-17(19-8-3)20-13-16(15(4)5)22-9-11-24-12-10-22/h15-16,23H,6-14H2,1-5H3,(H2,19,20,21). The van der Waals surface area contributed by atoms with Crippen molar-refractivity contribution in [2.75, 3.05) is 45.9 Å². The fraction of sp³-hybridized carbons (Fsp3) is 0.944. The molecule has 1 saturated heterocycles. The summed E-state index contributed by atoms with van der Waals surface area (Å²) in [6.45, 7) is 16.3. The molecule has 0 bridgehead atoms. The van der Waals surface area contributed by atoms with E-state index in [1.807, 2.05) is 13.8 Å². The molecule has 1 atom stereocenters. The lowest BCUT2D eigenvalue weighted by molar-refractivity contribution is 0.00748. The number of hydrogen-bond donors (Lipinski definition) is 3. The molecule has 24 heavy (non-hydrogen) atoms. The molecular weight excluding hydrogens is 304 g/mol. The van der Waals surface area contributed by atoms with Crippen LogP contribution in [0.2, 0.25) is 0 Å². The van der Waals surface area contributed by atoms with Gasteiger partial charge in [-0.2, -0.15) is 0 Å². The molecule has 0 aromatic carbocycles. The average Bonchev–Trinajstić information content (AvgIpc) is 2.60. The van der Waals surface area contributed by atoms with E-state index in [4.69, 9.17) is 4.74 Å². The van der Waals surface area contributed by atoms with E-state index < -0.39 is 5.60 Å². The Hall–Kier alpha value is -0.850. The summed E-state index contributed by atoms with van der Waals surface area (Å²) in [5.41, 5.74) is -0.704. The highest BCUT2D eigenvalue weighted by molar-refractivity contribution is 5.79. The first kappa shape index (κ1) is 21.2. The van der Waals surface area contributed by atoms with Gasteiger partial charge in [0.2, 0.25) is 0 Å². The van der Waals surface area contributed by atoms with Crippen LogP contribution in [0.5, 0.6) is 0 Å². The van der Waals surface area contributed by atoms with Crippen LogP contribution in [0.25, 0.3) is 0 Å². The van der Waals surface area contributed by atoms with Gasteiger partial charge in [0.1, 0.15) is 0 Å². The van der Waals surface area contributed by atoms with Gasteiger partial charge in [0.05, 0.1) is 25.4 Å². The molecule has 6 heteroatoms. The number of aliphatic hydroxyl groups is 1. The predicted octanol–water partition coefficient (Wildman–Crippen LogP) is 1.45. The maximum absolute atomic E-state index is 10.4. The summed E-state index contributed by atoms with van der Waals surface area (Å²) in [6, 6.07) is 0.453. The molecule has 6 nitrogen and oxygen atoms in total. The maximum Gasteiger partial charge on any atom is 0.191 e. The van der Waals surface area contributed by atoms with Crippen molar-refractivity contribution >= 4 is 5.96 Å².